The summed E-state index contributed by atoms with van der Waals surface area (Å²) in [5, 5.41) is 2.40. The lowest BCUT2D eigenvalue weighted by Gasteiger charge is -2.17. The van der Waals surface area contributed by atoms with Gasteiger partial charge >= 0.3 is 0 Å². The van der Waals surface area contributed by atoms with Crippen molar-refractivity contribution < 1.29 is 0 Å². The number of rotatable bonds is 3. The molecule has 0 aliphatic carbocycles. The molecule has 1 aliphatic rings. The van der Waals surface area contributed by atoms with Crippen molar-refractivity contribution in [2.75, 3.05) is 26.2 Å². The van der Waals surface area contributed by atoms with Crippen molar-refractivity contribution >= 4 is 17.4 Å². The maximum Gasteiger partial charge on any atom is 0.0620 e. The first kappa shape index (κ1) is 9.85. The quantitative estimate of drug-likeness (QED) is 0.492. The van der Waals surface area contributed by atoms with Gasteiger partial charge in [-0.15, -0.1) is 0 Å². The highest BCUT2D eigenvalue weighted by Crippen LogP contribution is 2.08. The summed E-state index contributed by atoms with van der Waals surface area (Å²) in [7, 11) is 0. The molecule has 0 aromatic carbocycles. The molecular weight excluding hydrogens is 168 g/mol. The van der Waals surface area contributed by atoms with Gasteiger partial charge < -0.3 is 4.90 Å². The Morgan fingerprint density at radius 2 is 1.83 bits per heavy atom. The van der Waals surface area contributed by atoms with Crippen molar-refractivity contribution in [2.24, 2.45) is 4.99 Å². The minimum Gasteiger partial charge on any atom is -0.301 e. The molecular formula is C9H16N2S. The van der Waals surface area contributed by atoms with Crippen LogP contribution in [0.4, 0.5) is 0 Å². The normalized spacial score (nSPS) is 19.7. The fourth-order valence-corrected chi connectivity index (χ4v) is 1.69. The standard InChI is InChI=1S/C9H16N2S/c12-9-10-5-8-11-6-3-1-2-4-7-11/h1-8H2. The highest BCUT2D eigenvalue weighted by molar-refractivity contribution is 7.78. The topological polar surface area (TPSA) is 15.6 Å². The third kappa shape index (κ3) is 3.96. The SMILES string of the molecule is S=C=NCCN1CCCCCC1. The highest BCUT2D eigenvalue weighted by atomic mass is 32.1. The van der Waals surface area contributed by atoms with E-state index >= 15 is 0 Å². The molecule has 1 aliphatic heterocycles. The minimum atomic E-state index is 0.823. The van der Waals surface area contributed by atoms with Crippen molar-refractivity contribution in [3.05, 3.63) is 0 Å². The molecule has 0 unspecified atom stereocenters. The molecule has 1 saturated heterocycles. The van der Waals surface area contributed by atoms with E-state index in [9.17, 15) is 0 Å². The van der Waals surface area contributed by atoms with E-state index in [2.05, 4.69) is 27.3 Å². The summed E-state index contributed by atoms with van der Waals surface area (Å²) >= 11 is 4.51. The number of hydrogen-bond acceptors (Lipinski definition) is 3. The van der Waals surface area contributed by atoms with Gasteiger partial charge in [0.05, 0.1) is 11.7 Å². The van der Waals surface area contributed by atoms with Crippen LogP contribution in [0.15, 0.2) is 4.99 Å². The van der Waals surface area contributed by atoms with Crippen LogP contribution in [-0.2, 0) is 0 Å². The van der Waals surface area contributed by atoms with Crippen molar-refractivity contribution in [1.82, 2.24) is 4.90 Å². The molecule has 0 spiro atoms. The van der Waals surface area contributed by atoms with E-state index in [1.807, 2.05) is 0 Å². The summed E-state index contributed by atoms with van der Waals surface area (Å²) < 4.78 is 0. The fourth-order valence-electron chi connectivity index (χ4n) is 1.60. The van der Waals surface area contributed by atoms with Crippen LogP contribution < -0.4 is 0 Å². The summed E-state index contributed by atoms with van der Waals surface area (Å²) in [6, 6.07) is 0. The van der Waals surface area contributed by atoms with Gasteiger partial charge in [0.2, 0.25) is 0 Å². The Kier molecular flexibility index (Phi) is 5.16. The van der Waals surface area contributed by atoms with Gasteiger partial charge in [-0.2, -0.15) is 0 Å². The van der Waals surface area contributed by atoms with E-state index < -0.39 is 0 Å². The van der Waals surface area contributed by atoms with E-state index in [0.29, 0.717) is 0 Å². The maximum atomic E-state index is 4.51. The third-order valence-electron chi connectivity index (χ3n) is 2.29. The van der Waals surface area contributed by atoms with Crippen molar-refractivity contribution in [3.63, 3.8) is 0 Å². The van der Waals surface area contributed by atoms with Crippen LogP contribution >= 0.6 is 12.2 Å². The van der Waals surface area contributed by atoms with E-state index in [0.717, 1.165) is 13.1 Å². The number of thiocarbonyl (C=S) groups is 1. The molecule has 1 heterocycles. The molecule has 2 nitrogen and oxygen atoms in total. The van der Waals surface area contributed by atoms with Crippen molar-refractivity contribution in [1.29, 1.82) is 0 Å². The first-order chi connectivity index (χ1) is 5.93. The Hall–Kier alpha value is -0.240. The number of isothiocyanates is 1. The zero-order chi connectivity index (χ0) is 8.65. The Morgan fingerprint density at radius 1 is 1.17 bits per heavy atom. The van der Waals surface area contributed by atoms with Crippen LogP contribution in [-0.4, -0.2) is 36.2 Å². The molecule has 68 valence electrons. The van der Waals surface area contributed by atoms with Crippen LogP contribution in [0.3, 0.4) is 0 Å². The van der Waals surface area contributed by atoms with Gasteiger partial charge in [-0.05, 0) is 38.1 Å². The molecule has 3 heteroatoms. The Labute approximate surface area is 79.7 Å². The first-order valence-electron chi connectivity index (χ1n) is 4.69. The van der Waals surface area contributed by atoms with Crippen molar-refractivity contribution in [3.8, 4) is 0 Å². The molecule has 0 N–H and O–H groups in total. The second-order valence-electron chi connectivity index (χ2n) is 3.23. The molecule has 0 bridgehead atoms. The van der Waals surface area contributed by atoms with E-state index in [1.165, 1.54) is 38.8 Å². The largest absolute Gasteiger partial charge is 0.301 e. The second-order valence-corrected chi connectivity index (χ2v) is 3.41. The van der Waals surface area contributed by atoms with Crippen LogP contribution in [0.25, 0.3) is 0 Å². The van der Waals surface area contributed by atoms with Crippen LogP contribution in [0.1, 0.15) is 25.7 Å². The molecule has 12 heavy (non-hydrogen) atoms. The average molecular weight is 184 g/mol. The summed E-state index contributed by atoms with van der Waals surface area (Å²) in [5.41, 5.74) is 0. The number of nitrogens with zero attached hydrogens (tertiary/aromatic N) is 2. The summed E-state index contributed by atoms with van der Waals surface area (Å²) in [5.74, 6) is 0. The first-order valence-corrected chi connectivity index (χ1v) is 5.10. The summed E-state index contributed by atoms with van der Waals surface area (Å²) in [6.45, 7) is 4.37. The average Bonchev–Trinajstić information content (AvgIpc) is 2.33. The Balaban J connectivity index is 2.15. The predicted molar refractivity (Wildman–Crippen MR) is 54.8 cm³/mol. The summed E-state index contributed by atoms with van der Waals surface area (Å²) in [4.78, 5) is 6.40. The fraction of sp³-hybridized carbons (Fsp3) is 0.889. The minimum absolute atomic E-state index is 0.823. The number of likely N-dealkylation sites (tertiary alicyclic amines) is 1. The van der Waals surface area contributed by atoms with Gasteiger partial charge in [-0.1, -0.05) is 12.8 Å². The highest BCUT2D eigenvalue weighted by Gasteiger charge is 2.06. The zero-order valence-corrected chi connectivity index (χ0v) is 8.28. The molecule has 1 rings (SSSR count). The Morgan fingerprint density at radius 3 is 2.42 bits per heavy atom. The van der Waals surface area contributed by atoms with E-state index in [1.54, 1.807) is 0 Å². The zero-order valence-electron chi connectivity index (χ0n) is 7.46. The van der Waals surface area contributed by atoms with Gasteiger partial charge in [0.15, 0.2) is 0 Å². The molecule has 1 fully saturated rings. The monoisotopic (exact) mass is 184 g/mol. The van der Waals surface area contributed by atoms with Crippen LogP contribution in [0.5, 0.6) is 0 Å². The molecule has 0 amide bonds. The second kappa shape index (κ2) is 6.30. The molecule has 0 radical (unpaired) electrons. The lowest BCUT2D eigenvalue weighted by molar-refractivity contribution is 0.294. The third-order valence-corrected chi connectivity index (χ3v) is 2.42. The van der Waals surface area contributed by atoms with Gasteiger partial charge in [-0.25, -0.2) is 4.99 Å². The van der Waals surface area contributed by atoms with Gasteiger partial charge in [0.1, 0.15) is 0 Å². The molecule has 0 atom stereocenters. The summed E-state index contributed by atoms with van der Waals surface area (Å²) in [6.07, 6.45) is 5.49. The molecule has 0 aromatic rings. The van der Waals surface area contributed by atoms with Crippen molar-refractivity contribution in [2.45, 2.75) is 25.7 Å². The van der Waals surface area contributed by atoms with E-state index in [4.69, 9.17) is 0 Å². The lowest BCUT2D eigenvalue weighted by atomic mass is 10.2. The van der Waals surface area contributed by atoms with E-state index in [-0.39, 0.29) is 0 Å². The Bertz CT molecular complexity index is 156. The van der Waals surface area contributed by atoms with Crippen LogP contribution in [0.2, 0.25) is 0 Å². The number of hydrogen-bond donors (Lipinski definition) is 0. The predicted octanol–water partition coefficient (Wildman–Crippen LogP) is 1.97. The number of aliphatic imine (C=N–C) groups is 1. The molecule has 0 aromatic heterocycles. The lowest BCUT2D eigenvalue weighted by Crippen LogP contribution is -2.27. The van der Waals surface area contributed by atoms with Crippen LogP contribution in [0, 0.1) is 0 Å². The smallest absolute Gasteiger partial charge is 0.0620 e. The molecule has 0 saturated carbocycles. The van der Waals surface area contributed by atoms with Gasteiger partial charge in [-0.3, -0.25) is 0 Å². The van der Waals surface area contributed by atoms with Gasteiger partial charge in [0, 0.05) is 6.54 Å². The van der Waals surface area contributed by atoms with Gasteiger partial charge in [0.25, 0.3) is 0 Å². The maximum absolute atomic E-state index is 4.51.